The summed E-state index contributed by atoms with van der Waals surface area (Å²) in [5.41, 5.74) is 6.67. The number of nitrogens with two attached hydrogens (primary N) is 1. The first-order chi connectivity index (χ1) is 12.6. The van der Waals surface area contributed by atoms with E-state index in [9.17, 15) is 4.79 Å². The summed E-state index contributed by atoms with van der Waals surface area (Å²) in [5.74, 6) is 0.657. The first-order valence-electron chi connectivity index (χ1n) is 9.29. The highest BCUT2D eigenvalue weighted by Gasteiger charge is 2.23. The molecule has 0 saturated carbocycles. The quantitative estimate of drug-likeness (QED) is 0.218. The first-order valence-corrected chi connectivity index (χ1v) is 9.67. The van der Waals surface area contributed by atoms with Crippen LogP contribution in [0.25, 0.3) is 0 Å². The van der Waals surface area contributed by atoms with E-state index in [2.05, 4.69) is 20.5 Å². The molecule has 1 aliphatic rings. The summed E-state index contributed by atoms with van der Waals surface area (Å²) in [6.45, 7) is 4.48. The van der Waals surface area contributed by atoms with Gasteiger partial charge in [-0.15, -0.1) is 24.0 Å². The van der Waals surface area contributed by atoms with Crippen molar-refractivity contribution in [3.8, 4) is 0 Å². The summed E-state index contributed by atoms with van der Waals surface area (Å²) in [6, 6.07) is 7.90. The summed E-state index contributed by atoms with van der Waals surface area (Å²) in [7, 11) is 1.78. The average Bonchev–Trinajstić information content (AvgIpc) is 2.65. The Morgan fingerprint density at radius 2 is 2.00 bits per heavy atom. The van der Waals surface area contributed by atoms with E-state index < -0.39 is 0 Å². The van der Waals surface area contributed by atoms with Gasteiger partial charge < -0.3 is 21.3 Å². The molecule has 27 heavy (non-hydrogen) atoms. The van der Waals surface area contributed by atoms with Gasteiger partial charge >= 0.3 is 0 Å². The molecule has 1 amide bonds. The molecule has 1 aliphatic heterocycles. The lowest BCUT2D eigenvalue weighted by molar-refractivity contribution is -0.123. The van der Waals surface area contributed by atoms with Crippen LogP contribution in [0.15, 0.2) is 29.3 Å². The maximum absolute atomic E-state index is 11.3. The highest BCUT2D eigenvalue weighted by molar-refractivity contribution is 14.0. The third kappa shape index (κ3) is 9.12. The van der Waals surface area contributed by atoms with Gasteiger partial charge in [0.1, 0.15) is 0 Å². The predicted molar refractivity (Wildman–Crippen MR) is 123 cm³/mol. The van der Waals surface area contributed by atoms with Crippen LogP contribution in [0.1, 0.15) is 24.8 Å². The van der Waals surface area contributed by atoms with Crippen LogP contribution < -0.4 is 16.4 Å². The Bertz CT molecular complexity index is 596. The van der Waals surface area contributed by atoms with Crippen molar-refractivity contribution in [3.63, 3.8) is 0 Å². The molecule has 1 aromatic carbocycles. The van der Waals surface area contributed by atoms with Crippen LogP contribution in [0, 0.1) is 5.92 Å². The van der Waals surface area contributed by atoms with E-state index >= 15 is 0 Å². The molecule has 1 saturated heterocycles. The lowest BCUT2D eigenvalue weighted by atomic mass is 9.97. The van der Waals surface area contributed by atoms with Crippen LogP contribution in [0.3, 0.4) is 0 Å². The number of halogens is 2. The molecule has 1 unspecified atom stereocenters. The van der Waals surface area contributed by atoms with E-state index in [1.807, 2.05) is 24.3 Å². The number of likely N-dealkylation sites (tertiary alicyclic amines) is 1. The summed E-state index contributed by atoms with van der Waals surface area (Å²) >= 11 is 5.90. The Kier molecular flexibility index (Phi) is 11.7. The molecule has 0 radical (unpaired) electrons. The van der Waals surface area contributed by atoms with Crippen LogP contribution in [0.5, 0.6) is 0 Å². The minimum absolute atomic E-state index is 0. The molecular formula is C19H31ClIN5O. The van der Waals surface area contributed by atoms with Crippen LogP contribution in [-0.2, 0) is 11.2 Å². The Labute approximate surface area is 184 Å². The van der Waals surface area contributed by atoms with Crippen molar-refractivity contribution in [2.75, 3.05) is 39.8 Å². The Hall–Kier alpha value is -1.06. The van der Waals surface area contributed by atoms with E-state index in [1.54, 1.807) is 7.05 Å². The SMILES string of the molecule is CN=C(NCCCN1CCCC(C(N)=O)C1)NCCc1ccc(Cl)cc1.I. The van der Waals surface area contributed by atoms with Crippen molar-refractivity contribution >= 4 is 47.4 Å². The normalized spacial score (nSPS) is 17.9. The molecule has 1 heterocycles. The van der Waals surface area contributed by atoms with E-state index in [0.29, 0.717) is 0 Å². The summed E-state index contributed by atoms with van der Waals surface area (Å²) < 4.78 is 0. The molecule has 152 valence electrons. The Morgan fingerprint density at radius 3 is 2.67 bits per heavy atom. The zero-order valence-corrected chi connectivity index (χ0v) is 19.0. The molecule has 6 nitrogen and oxygen atoms in total. The summed E-state index contributed by atoms with van der Waals surface area (Å²) in [6.07, 6.45) is 3.90. The second-order valence-electron chi connectivity index (χ2n) is 6.70. The molecule has 1 fully saturated rings. The van der Waals surface area contributed by atoms with Gasteiger partial charge in [0.25, 0.3) is 0 Å². The van der Waals surface area contributed by atoms with Crippen LogP contribution in [0.2, 0.25) is 5.02 Å². The number of hydrogen-bond donors (Lipinski definition) is 3. The Balaban J connectivity index is 0.00000364. The van der Waals surface area contributed by atoms with Crippen molar-refractivity contribution in [3.05, 3.63) is 34.9 Å². The van der Waals surface area contributed by atoms with Crippen LogP contribution in [-0.4, -0.2) is 56.5 Å². The number of aliphatic imine (C=N–C) groups is 1. The van der Waals surface area contributed by atoms with E-state index in [-0.39, 0.29) is 35.8 Å². The molecule has 1 atom stereocenters. The highest BCUT2D eigenvalue weighted by Crippen LogP contribution is 2.15. The van der Waals surface area contributed by atoms with Crippen molar-refractivity contribution in [1.29, 1.82) is 0 Å². The lowest BCUT2D eigenvalue weighted by Gasteiger charge is -2.31. The molecule has 0 aromatic heterocycles. The van der Waals surface area contributed by atoms with Crippen molar-refractivity contribution < 1.29 is 4.79 Å². The number of nitrogens with one attached hydrogen (secondary N) is 2. The molecule has 0 bridgehead atoms. The molecule has 2 rings (SSSR count). The lowest BCUT2D eigenvalue weighted by Crippen LogP contribution is -2.43. The van der Waals surface area contributed by atoms with Gasteiger partial charge in [-0.1, -0.05) is 23.7 Å². The number of primary amides is 1. The molecular weight excluding hydrogens is 477 g/mol. The van der Waals surface area contributed by atoms with E-state index in [0.717, 1.165) is 69.4 Å². The number of guanidine groups is 1. The predicted octanol–water partition coefficient (Wildman–Crippen LogP) is 2.25. The number of carbonyl (C=O) groups is 1. The number of hydrogen-bond acceptors (Lipinski definition) is 3. The van der Waals surface area contributed by atoms with Gasteiger partial charge in [-0.25, -0.2) is 0 Å². The van der Waals surface area contributed by atoms with Gasteiger partial charge in [-0.2, -0.15) is 0 Å². The number of benzene rings is 1. The molecule has 0 aliphatic carbocycles. The van der Waals surface area contributed by atoms with Gasteiger partial charge in [0.2, 0.25) is 5.91 Å². The van der Waals surface area contributed by atoms with Gasteiger partial charge in [0.15, 0.2) is 5.96 Å². The summed E-state index contributed by atoms with van der Waals surface area (Å²) in [4.78, 5) is 17.9. The zero-order valence-electron chi connectivity index (χ0n) is 15.9. The van der Waals surface area contributed by atoms with Crippen LogP contribution in [0.4, 0.5) is 0 Å². The van der Waals surface area contributed by atoms with Gasteiger partial charge in [-0.3, -0.25) is 9.79 Å². The largest absolute Gasteiger partial charge is 0.369 e. The monoisotopic (exact) mass is 507 g/mol. The number of rotatable bonds is 8. The fourth-order valence-corrected chi connectivity index (χ4v) is 3.32. The molecule has 0 spiro atoms. The average molecular weight is 508 g/mol. The highest BCUT2D eigenvalue weighted by atomic mass is 127. The summed E-state index contributed by atoms with van der Waals surface area (Å²) in [5, 5.41) is 7.42. The third-order valence-electron chi connectivity index (χ3n) is 4.69. The van der Waals surface area contributed by atoms with Gasteiger partial charge in [0.05, 0.1) is 5.92 Å². The van der Waals surface area contributed by atoms with Gasteiger partial charge in [-0.05, 0) is 56.5 Å². The topological polar surface area (TPSA) is 82.8 Å². The van der Waals surface area contributed by atoms with Crippen molar-refractivity contribution in [2.45, 2.75) is 25.7 Å². The molecule has 1 aromatic rings. The number of carbonyl (C=O) groups excluding carboxylic acids is 1. The molecule has 8 heteroatoms. The second kappa shape index (κ2) is 13.2. The maximum atomic E-state index is 11.3. The fourth-order valence-electron chi connectivity index (χ4n) is 3.20. The number of nitrogens with zero attached hydrogens (tertiary/aromatic N) is 2. The number of amides is 1. The smallest absolute Gasteiger partial charge is 0.221 e. The van der Waals surface area contributed by atoms with E-state index in [1.165, 1.54) is 5.56 Å². The van der Waals surface area contributed by atoms with E-state index in [4.69, 9.17) is 17.3 Å². The maximum Gasteiger partial charge on any atom is 0.221 e. The third-order valence-corrected chi connectivity index (χ3v) is 4.95. The molecule has 4 N–H and O–H groups in total. The second-order valence-corrected chi connectivity index (χ2v) is 7.13. The van der Waals surface area contributed by atoms with Crippen molar-refractivity contribution in [2.24, 2.45) is 16.6 Å². The first kappa shape index (κ1) is 24.0. The standard InChI is InChI=1S/C19H30ClN5O.HI/c1-22-19(24-11-9-15-5-7-17(20)8-6-15)23-10-3-13-25-12-2-4-16(14-25)18(21)26;/h5-8,16H,2-4,9-14H2,1H3,(H2,21,26)(H2,22,23,24);1H. The van der Waals surface area contributed by atoms with Crippen LogP contribution >= 0.6 is 35.6 Å². The fraction of sp³-hybridized carbons (Fsp3) is 0.579. The minimum Gasteiger partial charge on any atom is -0.369 e. The van der Waals surface area contributed by atoms with Gasteiger partial charge in [0, 0.05) is 31.7 Å². The Morgan fingerprint density at radius 1 is 1.30 bits per heavy atom. The minimum atomic E-state index is -0.168. The number of piperidine rings is 1. The van der Waals surface area contributed by atoms with Crippen molar-refractivity contribution in [1.82, 2.24) is 15.5 Å². The zero-order chi connectivity index (χ0) is 18.8.